The number of hydrogen-bond donors (Lipinski definition) is 4. The maximum Gasteiger partial charge on any atom is 0.326 e. The Morgan fingerprint density at radius 3 is 2.14 bits per heavy atom. The minimum atomic E-state index is -1.15. The van der Waals surface area contributed by atoms with E-state index in [9.17, 15) is 19.5 Å². The Morgan fingerprint density at radius 1 is 0.931 bits per heavy atom. The first-order valence-corrected chi connectivity index (χ1v) is 9.78. The Kier molecular flexibility index (Phi) is 9.04. The van der Waals surface area contributed by atoms with Gasteiger partial charge in [0.25, 0.3) is 5.91 Å². The van der Waals surface area contributed by atoms with Crippen LogP contribution in [0.2, 0.25) is 0 Å². The average molecular weight is 416 g/mol. The first-order chi connectivity index (χ1) is 14.0. The molecule has 0 saturated heterocycles. The van der Waals surface area contributed by atoms with E-state index < -0.39 is 29.9 Å². The highest BCUT2D eigenvalue weighted by atomic mass is 32.1. The van der Waals surface area contributed by atoms with Gasteiger partial charge in [0, 0.05) is 6.42 Å². The number of nitrogens with one attached hydrogen (secondary N) is 2. The van der Waals surface area contributed by atoms with Crippen LogP contribution in [0.15, 0.2) is 60.7 Å². The molecule has 2 aromatic rings. The van der Waals surface area contributed by atoms with Crippen molar-refractivity contribution in [3.05, 3.63) is 66.2 Å². The van der Waals surface area contributed by atoms with Crippen LogP contribution in [0.4, 0.5) is 0 Å². The Hall–Kier alpha value is -3.00. The van der Waals surface area contributed by atoms with Gasteiger partial charge in [-0.1, -0.05) is 48.5 Å². The lowest BCUT2D eigenvalue weighted by Crippen LogP contribution is -2.53. The summed E-state index contributed by atoms with van der Waals surface area (Å²) < 4.78 is 5.37. The van der Waals surface area contributed by atoms with Crippen LogP contribution in [-0.2, 0) is 20.8 Å². The molecule has 7 nitrogen and oxygen atoms in total. The van der Waals surface area contributed by atoms with Crippen LogP contribution in [0.1, 0.15) is 12.0 Å². The van der Waals surface area contributed by atoms with Crippen molar-refractivity contribution in [2.75, 3.05) is 12.4 Å². The molecular weight excluding hydrogens is 392 g/mol. The van der Waals surface area contributed by atoms with Gasteiger partial charge in [0.1, 0.15) is 17.8 Å². The number of amides is 2. The number of carboxylic acid groups (broad SMARTS) is 1. The van der Waals surface area contributed by atoms with E-state index in [-0.39, 0.29) is 19.4 Å². The average Bonchev–Trinajstić information content (AvgIpc) is 2.73. The number of ether oxygens (including phenoxy) is 1. The largest absolute Gasteiger partial charge is 0.484 e. The van der Waals surface area contributed by atoms with Crippen molar-refractivity contribution < 1.29 is 24.2 Å². The van der Waals surface area contributed by atoms with Crippen molar-refractivity contribution in [1.29, 1.82) is 0 Å². The van der Waals surface area contributed by atoms with Gasteiger partial charge in [0.05, 0.1) is 0 Å². The number of rotatable bonds is 11. The normalized spacial score (nSPS) is 12.4. The van der Waals surface area contributed by atoms with E-state index in [0.717, 1.165) is 5.56 Å². The Balaban J connectivity index is 1.93. The molecule has 2 aromatic carbocycles. The predicted molar refractivity (Wildman–Crippen MR) is 112 cm³/mol. The lowest BCUT2D eigenvalue weighted by Gasteiger charge is -2.21. The van der Waals surface area contributed by atoms with Crippen LogP contribution >= 0.6 is 12.6 Å². The molecule has 0 heterocycles. The van der Waals surface area contributed by atoms with Gasteiger partial charge in [-0.15, -0.1) is 0 Å². The fourth-order valence-corrected chi connectivity index (χ4v) is 2.88. The maximum atomic E-state index is 12.6. The second-order valence-electron chi connectivity index (χ2n) is 6.32. The second-order valence-corrected chi connectivity index (χ2v) is 6.77. The van der Waals surface area contributed by atoms with Crippen LogP contribution in [0.3, 0.4) is 0 Å². The van der Waals surface area contributed by atoms with Crippen molar-refractivity contribution in [2.45, 2.75) is 24.9 Å². The molecule has 0 aliphatic carbocycles. The molecule has 0 bridgehead atoms. The molecular formula is C21H24N2O5S. The predicted octanol–water partition coefficient (Wildman–Crippen LogP) is 1.68. The van der Waals surface area contributed by atoms with Gasteiger partial charge < -0.3 is 20.5 Å². The lowest BCUT2D eigenvalue weighted by atomic mass is 10.1. The number of aliphatic carboxylic acids is 1. The SMILES string of the molecule is O=C(COc1ccccc1)NC(CCS)C(=O)N[C@H](Cc1ccccc1)C(=O)O. The smallest absolute Gasteiger partial charge is 0.326 e. The molecule has 0 radical (unpaired) electrons. The molecule has 2 atom stereocenters. The van der Waals surface area contributed by atoms with Crippen LogP contribution in [0, 0.1) is 0 Å². The van der Waals surface area contributed by atoms with Crippen LogP contribution < -0.4 is 15.4 Å². The standard InChI is InChI=1S/C21H24N2O5S/c24-19(14-28-16-9-5-2-6-10-16)22-17(11-12-29)20(25)23-18(21(26)27)13-15-7-3-1-4-8-15/h1-10,17-18,29H,11-14H2,(H,22,24)(H,23,25)(H,26,27)/t17?,18-/m1/s1. The Labute approximate surface area is 174 Å². The third-order valence-corrected chi connectivity index (χ3v) is 4.34. The van der Waals surface area contributed by atoms with Gasteiger partial charge in [0.15, 0.2) is 6.61 Å². The quantitative estimate of drug-likeness (QED) is 0.417. The number of para-hydroxylation sites is 1. The Bertz CT molecular complexity index is 801. The first-order valence-electron chi connectivity index (χ1n) is 9.14. The number of benzene rings is 2. The van der Waals surface area contributed by atoms with Gasteiger partial charge >= 0.3 is 5.97 Å². The van der Waals surface area contributed by atoms with Gasteiger partial charge in [0.2, 0.25) is 5.91 Å². The van der Waals surface area contributed by atoms with E-state index in [1.807, 2.05) is 12.1 Å². The lowest BCUT2D eigenvalue weighted by molar-refractivity contribution is -0.142. The van der Waals surface area contributed by atoms with Crippen molar-refractivity contribution in [3.8, 4) is 5.75 Å². The number of carbonyl (C=O) groups excluding carboxylic acids is 2. The van der Waals surface area contributed by atoms with Crippen LogP contribution in [0.25, 0.3) is 0 Å². The fourth-order valence-electron chi connectivity index (χ4n) is 2.62. The summed E-state index contributed by atoms with van der Waals surface area (Å²) in [4.78, 5) is 36.3. The summed E-state index contributed by atoms with van der Waals surface area (Å²) in [6, 6.07) is 15.8. The summed E-state index contributed by atoms with van der Waals surface area (Å²) in [5.74, 6) is -1.33. The maximum absolute atomic E-state index is 12.6. The van der Waals surface area contributed by atoms with Crippen molar-refractivity contribution in [3.63, 3.8) is 0 Å². The topological polar surface area (TPSA) is 105 Å². The zero-order valence-electron chi connectivity index (χ0n) is 15.8. The first kappa shape index (κ1) is 22.3. The zero-order chi connectivity index (χ0) is 21.1. The van der Waals surface area contributed by atoms with Gasteiger partial charge in [-0.25, -0.2) is 4.79 Å². The van der Waals surface area contributed by atoms with Gasteiger partial charge in [-0.3, -0.25) is 9.59 Å². The molecule has 2 rings (SSSR count). The van der Waals surface area contributed by atoms with Crippen molar-refractivity contribution >= 4 is 30.4 Å². The highest BCUT2D eigenvalue weighted by molar-refractivity contribution is 7.80. The summed E-state index contributed by atoms with van der Waals surface area (Å²) >= 11 is 4.12. The van der Waals surface area contributed by atoms with E-state index in [1.54, 1.807) is 48.5 Å². The van der Waals surface area contributed by atoms with E-state index in [4.69, 9.17) is 4.74 Å². The second kappa shape index (κ2) is 11.8. The molecule has 3 N–H and O–H groups in total. The van der Waals surface area contributed by atoms with Crippen molar-refractivity contribution in [1.82, 2.24) is 10.6 Å². The van der Waals surface area contributed by atoms with Crippen LogP contribution in [-0.4, -0.2) is 47.3 Å². The summed E-state index contributed by atoms with van der Waals surface area (Å²) in [6.07, 6.45) is 0.393. The third-order valence-electron chi connectivity index (χ3n) is 4.08. The summed E-state index contributed by atoms with van der Waals surface area (Å²) in [5, 5.41) is 14.5. The number of hydrogen-bond acceptors (Lipinski definition) is 5. The van der Waals surface area contributed by atoms with Crippen LogP contribution in [0.5, 0.6) is 5.75 Å². The van der Waals surface area contributed by atoms with E-state index >= 15 is 0 Å². The zero-order valence-corrected chi connectivity index (χ0v) is 16.7. The molecule has 1 unspecified atom stereocenters. The molecule has 0 fully saturated rings. The molecule has 8 heteroatoms. The molecule has 0 aliphatic heterocycles. The number of carboxylic acids is 1. The molecule has 0 spiro atoms. The Morgan fingerprint density at radius 2 is 1.55 bits per heavy atom. The monoisotopic (exact) mass is 416 g/mol. The molecule has 29 heavy (non-hydrogen) atoms. The van der Waals surface area contributed by atoms with Gasteiger partial charge in [-0.2, -0.15) is 12.6 Å². The van der Waals surface area contributed by atoms with Crippen molar-refractivity contribution in [2.24, 2.45) is 0 Å². The van der Waals surface area contributed by atoms with E-state index in [1.165, 1.54) is 0 Å². The van der Waals surface area contributed by atoms with E-state index in [0.29, 0.717) is 11.5 Å². The highest BCUT2D eigenvalue weighted by Crippen LogP contribution is 2.08. The summed E-state index contributed by atoms with van der Waals surface area (Å²) in [6.45, 7) is -0.257. The summed E-state index contributed by atoms with van der Waals surface area (Å²) in [7, 11) is 0. The minimum Gasteiger partial charge on any atom is -0.484 e. The van der Waals surface area contributed by atoms with Gasteiger partial charge in [-0.05, 0) is 29.9 Å². The number of thiol groups is 1. The molecule has 0 aliphatic rings. The van der Waals surface area contributed by atoms with E-state index in [2.05, 4.69) is 23.3 Å². The molecule has 154 valence electrons. The molecule has 2 amide bonds. The number of carbonyl (C=O) groups is 3. The highest BCUT2D eigenvalue weighted by Gasteiger charge is 2.26. The fraction of sp³-hybridized carbons (Fsp3) is 0.286. The minimum absolute atomic E-state index is 0.139. The third kappa shape index (κ3) is 7.87. The molecule has 0 aromatic heterocycles. The summed E-state index contributed by atoms with van der Waals surface area (Å²) in [5.41, 5.74) is 0.784. The molecule has 0 saturated carbocycles.